The highest BCUT2D eigenvalue weighted by atomic mass is 32.2. The lowest BCUT2D eigenvalue weighted by atomic mass is 10.1. The fourth-order valence-electron chi connectivity index (χ4n) is 1.24. The van der Waals surface area contributed by atoms with Crippen molar-refractivity contribution in [3.63, 3.8) is 0 Å². The van der Waals surface area contributed by atoms with Crippen LogP contribution in [0.3, 0.4) is 0 Å². The summed E-state index contributed by atoms with van der Waals surface area (Å²) in [6.45, 7) is 2.18. The number of aliphatic hydroxyl groups excluding tert-OH is 1. The van der Waals surface area contributed by atoms with Crippen LogP contribution in [0.4, 0.5) is 0 Å². The molecule has 80 valence electrons. The van der Waals surface area contributed by atoms with Crippen LogP contribution in [0.25, 0.3) is 0 Å². The Morgan fingerprint density at radius 3 is 3.00 bits per heavy atom. The van der Waals surface area contributed by atoms with Crippen molar-refractivity contribution in [1.82, 2.24) is 9.97 Å². The molecular weight excluding hydrogens is 198 g/mol. The zero-order valence-electron chi connectivity index (χ0n) is 8.31. The fraction of sp³-hybridized carbons (Fsp3) is 0.667. The van der Waals surface area contributed by atoms with Crippen molar-refractivity contribution in [2.45, 2.75) is 36.2 Å². The molecule has 0 aliphatic heterocycles. The van der Waals surface area contributed by atoms with Crippen LogP contribution in [-0.4, -0.2) is 33.0 Å². The number of H-pyrrole nitrogens is 1. The maximum Gasteiger partial charge on any atom is 0.165 e. The lowest BCUT2D eigenvalue weighted by molar-refractivity contribution is 0.279. The maximum atomic E-state index is 9.18. The summed E-state index contributed by atoms with van der Waals surface area (Å²) in [6.07, 6.45) is 5.43. The van der Waals surface area contributed by atoms with Gasteiger partial charge in [-0.3, -0.25) is 0 Å². The molecule has 2 atom stereocenters. The van der Waals surface area contributed by atoms with Crippen LogP contribution in [0.2, 0.25) is 0 Å². The molecule has 1 rings (SSSR count). The van der Waals surface area contributed by atoms with Crippen LogP contribution >= 0.6 is 11.8 Å². The molecule has 0 fully saturated rings. The molecule has 0 saturated heterocycles. The average molecular weight is 215 g/mol. The highest BCUT2D eigenvalue weighted by molar-refractivity contribution is 7.99. The molecule has 1 aromatic rings. The van der Waals surface area contributed by atoms with E-state index in [0.717, 1.165) is 18.0 Å². The first-order valence-corrected chi connectivity index (χ1v) is 5.68. The summed E-state index contributed by atoms with van der Waals surface area (Å²) in [5.41, 5.74) is 5.93. The van der Waals surface area contributed by atoms with E-state index in [2.05, 4.69) is 16.9 Å². The van der Waals surface area contributed by atoms with Gasteiger partial charge >= 0.3 is 0 Å². The lowest BCUT2D eigenvalue weighted by Crippen LogP contribution is -2.34. The number of aliphatic hydroxyl groups is 1. The van der Waals surface area contributed by atoms with E-state index in [4.69, 9.17) is 5.73 Å². The van der Waals surface area contributed by atoms with Gasteiger partial charge in [0, 0.05) is 18.4 Å². The number of hydrogen-bond acceptors (Lipinski definition) is 4. The Morgan fingerprint density at radius 2 is 2.50 bits per heavy atom. The van der Waals surface area contributed by atoms with Crippen LogP contribution in [0.5, 0.6) is 0 Å². The maximum absolute atomic E-state index is 9.18. The minimum atomic E-state index is 0.0279. The first kappa shape index (κ1) is 11.6. The summed E-state index contributed by atoms with van der Waals surface area (Å²) in [5, 5.41) is 10.0. The Bertz CT molecular complexity index is 240. The molecule has 0 aliphatic carbocycles. The minimum absolute atomic E-state index is 0.0279. The molecule has 1 aromatic heterocycles. The molecule has 0 spiro atoms. The Kier molecular flexibility index (Phi) is 5.00. The molecule has 0 aliphatic rings. The third kappa shape index (κ3) is 3.32. The Hall–Kier alpha value is -0.520. The van der Waals surface area contributed by atoms with Gasteiger partial charge in [0.25, 0.3) is 0 Å². The lowest BCUT2D eigenvalue weighted by Gasteiger charge is -2.19. The molecule has 5 heteroatoms. The number of nitrogens with two attached hydrogens (primary N) is 1. The Balaban J connectivity index is 2.46. The summed E-state index contributed by atoms with van der Waals surface area (Å²) >= 11 is 1.50. The van der Waals surface area contributed by atoms with Gasteiger partial charge in [0.2, 0.25) is 0 Å². The number of aromatic nitrogens is 2. The highest BCUT2D eigenvalue weighted by Gasteiger charge is 2.18. The topological polar surface area (TPSA) is 74.9 Å². The SMILES string of the molecule is CCCC(N)C(CO)Sc1ncc[nH]1. The number of nitrogens with zero attached hydrogens (tertiary/aromatic N) is 1. The molecule has 0 radical (unpaired) electrons. The molecule has 2 unspecified atom stereocenters. The number of imidazole rings is 1. The molecule has 0 saturated carbocycles. The summed E-state index contributed by atoms with van der Waals surface area (Å²) in [5.74, 6) is 0. The van der Waals surface area contributed by atoms with Gasteiger partial charge in [-0.15, -0.1) is 0 Å². The molecular formula is C9H17N3OS. The van der Waals surface area contributed by atoms with Gasteiger partial charge in [-0.1, -0.05) is 25.1 Å². The van der Waals surface area contributed by atoms with Crippen molar-refractivity contribution in [3.8, 4) is 0 Å². The smallest absolute Gasteiger partial charge is 0.165 e. The van der Waals surface area contributed by atoms with Gasteiger partial charge in [-0.05, 0) is 6.42 Å². The third-order valence-corrected chi connectivity index (χ3v) is 3.26. The van der Waals surface area contributed by atoms with Gasteiger partial charge in [0.1, 0.15) is 0 Å². The Morgan fingerprint density at radius 1 is 1.71 bits per heavy atom. The molecule has 0 aromatic carbocycles. The average Bonchev–Trinajstić information content (AvgIpc) is 2.66. The fourth-order valence-corrected chi connectivity index (χ4v) is 2.17. The molecule has 14 heavy (non-hydrogen) atoms. The summed E-state index contributed by atoms with van der Waals surface area (Å²) in [6, 6.07) is 0.0279. The molecule has 0 amide bonds. The molecule has 4 N–H and O–H groups in total. The largest absolute Gasteiger partial charge is 0.395 e. The van der Waals surface area contributed by atoms with Crippen molar-refractivity contribution in [2.24, 2.45) is 5.73 Å². The van der Waals surface area contributed by atoms with Crippen molar-refractivity contribution >= 4 is 11.8 Å². The predicted octanol–water partition coefficient (Wildman–Crippen LogP) is 0.990. The first-order chi connectivity index (χ1) is 6.77. The normalized spacial score (nSPS) is 15.4. The van der Waals surface area contributed by atoms with Gasteiger partial charge < -0.3 is 15.8 Å². The summed E-state index contributed by atoms with van der Waals surface area (Å²) in [7, 11) is 0. The number of aromatic amines is 1. The van der Waals surface area contributed by atoms with E-state index < -0.39 is 0 Å². The van der Waals surface area contributed by atoms with Crippen molar-refractivity contribution in [1.29, 1.82) is 0 Å². The zero-order chi connectivity index (χ0) is 10.4. The van der Waals surface area contributed by atoms with E-state index in [-0.39, 0.29) is 17.9 Å². The van der Waals surface area contributed by atoms with E-state index in [9.17, 15) is 5.11 Å². The van der Waals surface area contributed by atoms with Crippen LogP contribution in [0.15, 0.2) is 17.6 Å². The van der Waals surface area contributed by atoms with Gasteiger partial charge in [0.05, 0.1) is 11.9 Å². The molecule has 4 nitrogen and oxygen atoms in total. The number of nitrogens with one attached hydrogen (secondary N) is 1. The predicted molar refractivity (Wildman–Crippen MR) is 58.2 cm³/mol. The molecule has 0 bridgehead atoms. The van der Waals surface area contributed by atoms with E-state index >= 15 is 0 Å². The summed E-state index contributed by atoms with van der Waals surface area (Å²) in [4.78, 5) is 7.07. The summed E-state index contributed by atoms with van der Waals surface area (Å²) < 4.78 is 0. The zero-order valence-corrected chi connectivity index (χ0v) is 9.13. The van der Waals surface area contributed by atoms with Crippen LogP contribution < -0.4 is 5.73 Å². The number of rotatable bonds is 6. The monoisotopic (exact) mass is 215 g/mol. The quantitative estimate of drug-likeness (QED) is 0.619. The van der Waals surface area contributed by atoms with E-state index in [1.165, 1.54) is 11.8 Å². The van der Waals surface area contributed by atoms with Crippen LogP contribution in [0.1, 0.15) is 19.8 Å². The van der Waals surface area contributed by atoms with Gasteiger partial charge in [0.15, 0.2) is 5.16 Å². The van der Waals surface area contributed by atoms with Crippen LogP contribution in [-0.2, 0) is 0 Å². The second kappa shape index (κ2) is 6.06. The van der Waals surface area contributed by atoms with Gasteiger partial charge in [-0.25, -0.2) is 4.98 Å². The highest BCUT2D eigenvalue weighted by Crippen LogP contribution is 2.22. The second-order valence-electron chi connectivity index (χ2n) is 3.19. The number of thioether (sulfide) groups is 1. The second-order valence-corrected chi connectivity index (χ2v) is 4.41. The number of hydrogen-bond donors (Lipinski definition) is 3. The first-order valence-electron chi connectivity index (χ1n) is 4.80. The van der Waals surface area contributed by atoms with Crippen molar-refractivity contribution in [2.75, 3.05) is 6.61 Å². The van der Waals surface area contributed by atoms with Crippen molar-refractivity contribution in [3.05, 3.63) is 12.4 Å². The van der Waals surface area contributed by atoms with E-state index in [1.807, 2.05) is 0 Å². The van der Waals surface area contributed by atoms with E-state index in [1.54, 1.807) is 12.4 Å². The minimum Gasteiger partial charge on any atom is -0.395 e. The van der Waals surface area contributed by atoms with Crippen LogP contribution in [0, 0.1) is 0 Å². The van der Waals surface area contributed by atoms with Gasteiger partial charge in [-0.2, -0.15) is 0 Å². The Labute approximate surface area is 88.3 Å². The third-order valence-electron chi connectivity index (χ3n) is 2.02. The molecule has 1 heterocycles. The standard InChI is InChI=1S/C9H17N3OS/c1-2-3-7(10)8(6-13)14-9-11-4-5-12-9/h4-5,7-8,13H,2-3,6,10H2,1H3,(H,11,12). The van der Waals surface area contributed by atoms with Crippen molar-refractivity contribution < 1.29 is 5.11 Å². The van der Waals surface area contributed by atoms with E-state index in [0.29, 0.717) is 0 Å².